The lowest BCUT2D eigenvalue weighted by Gasteiger charge is -2.12. The van der Waals surface area contributed by atoms with Crippen LogP contribution < -0.4 is 14.8 Å². The number of hydrogen-bond acceptors (Lipinski definition) is 7. The summed E-state index contributed by atoms with van der Waals surface area (Å²) in [5, 5.41) is 4.09. The molecule has 136 valence electrons. The van der Waals surface area contributed by atoms with E-state index in [9.17, 15) is 0 Å². The molecule has 0 aliphatic carbocycles. The Kier molecular flexibility index (Phi) is 5.37. The quantitative estimate of drug-likeness (QED) is 0.681. The first-order chi connectivity index (χ1) is 12.5. The molecule has 3 rings (SSSR count). The first-order valence-corrected chi connectivity index (χ1v) is 9.07. The van der Waals surface area contributed by atoms with Gasteiger partial charge in [-0.2, -0.15) is 4.37 Å². The summed E-state index contributed by atoms with van der Waals surface area (Å²) in [5.74, 6) is 2.80. The highest BCUT2D eigenvalue weighted by Gasteiger charge is 2.19. The summed E-state index contributed by atoms with van der Waals surface area (Å²) in [6, 6.07) is 11.3. The van der Waals surface area contributed by atoms with Crippen molar-refractivity contribution in [2.45, 2.75) is 32.7 Å². The number of anilines is 1. The largest absolute Gasteiger partial charge is 0.497 e. The van der Waals surface area contributed by atoms with E-state index in [0.29, 0.717) is 18.2 Å². The predicted octanol–water partition coefficient (Wildman–Crippen LogP) is 4.64. The predicted molar refractivity (Wildman–Crippen MR) is 103 cm³/mol. The number of ether oxygens (including phenoxy) is 2. The second-order valence-corrected chi connectivity index (χ2v) is 7.53. The maximum absolute atomic E-state index is 5.94. The van der Waals surface area contributed by atoms with Crippen LogP contribution >= 0.6 is 11.5 Å². The molecule has 0 saturated heterocycles. The lowest BCUT2D eigenvalue weighted by atomic mass is 9.96. The van der Waals surface area contributed by atoms with Crippen LogP contribution in [0.3, 0.4) is 0 Å². The van der Waals surface area contributed by atoms with Gasteiger partial charge < -0.3 is 14.8 Å². The average molecular weight is 370 g/mol. The highest BCUT2D eigenvalue weighted by atomic mass is 32.1. The number of methoxy groups -OCH3 is 1. The van der Waals surface area contributed by atoms with Crippen molar-refractivity contribution in [3.63, 3.8) is 0 Å². The van der Waals surface area contributed by atoms with E-state index in [2.05, 4.69) is 40.4 Å². The first-order valence-electron chi connectivity index (χ1n) is 8.29. The fraction of sp³-hybridized carbons (Fsp3) is 0.316. The Labute approximate surface area is 157 Å². The molecular weight excluding hydrogens is 348 g/mol. The van der Waals surface area contributed by atoms with E-state index in [1.807, 2.05) is 36.4 Å². The van der Waals surface area contributed by atoms with Gasteiger partial charge >= 0.3 is 0 Å². The molecular formula is C19H22N4O2S. The van der Waals surface area contributed by atoms with Gasteiger partial charge in [-0.3, -0.25) is 0 Å². The van der Waals surface area contributed by atoms with Gasteiger partial charge in [-0.15, -0.1) is 0 Å². The van der Waals surface area contributed by atoms with Crippen LogP contribution in [0.25, 0.3) is 0 Å². The van der Waals surface area contributed by atoms with Crippen LogP contribution in [0.2, 0.25) is 0 Å². The fourth-order valence-corrected chi connectivity index (χ4v) is 2.95. The Morgan fingerprint density at radius 2 is 1.92 bits per heavy atom. The maximum Gasteiger partial charge on any atom is 0.224 e. The number of nitrogens with one attached hydrogen (secondary N) is 1. The number of hydrogen-bond donors (Lipinski definition) is 1. The van der Waals surface area contributed by atoms with Gasteiger partial charge in [0, 0.05) is 41.3 Å². The maximum atomic E-state index is 5.94. The highest BCUT2D eigenvalue weighted by molar-refractivity contribution is 7.09. The molecule has 0 atom stereocenters. The second kappa shape index (κ2) is 7.70. The van der Waals surface area contributed by atoms with E-state index in [-0.39, 0.29) is 5.41 Å². The fourth-order valence-electron chi connectivity index (χ4n) is 2.20. The summed E-state index contributed by atoms with van der Waals surface area (Å²) >= 11 is 1.36. The van der Waals surface area contributed by atoms with Crippen molar-refractivity contribution in [3.05, 3.63) is 54.0 Å². The zero-order valence-corrected chi connectivity index (χ0v) is 16.1. The molecule has 0 unspecified atom stereocenters. The molecule has 26 heavy (non-hydrogen) atoms. The van der Waals surface area contributed by atoms with Crippen molar-refractivity contribution in [2.24, 2.45) is 0 Å². The van der Waals surface area contributed by atoms with Crippen molar-refractivity contribution in [1.82, 2.24) is 14.3 Å². The van der Waals surface area contributed by atoms with E-state index < -0.39 is 0 Å². The van der Waals surface area contributed by atoms with Gasteiger partial charge in [0.15, 0.2) is 0 Å². The van der Waals surface area contributed by atoms with Crippen molar-refractivity contribution in [1.29, 1.82) is 0 Å². The summed E-state index contributed by atoms with van der Waals surface area (Å²) in [5.41, 5.74) is 0.869. The standard InChI is InChI=1S/C19H22N4O2S/c1-19(2,3)17-22-18(26-23-17)21-12-13-7-6-10-20-16(13)25-15-9-5-8-14(11-15)24-4/h5-11H,12H2,1-4H3,(H,21,22,23). The van der Waals surface area contributed by atoms with E-state index in [1.54, 1.807) is 13.3 Å². The van der Waals surface area contributed by atoms with Crippen LogP contribution in [0.4, 0.5) is 5.13 Å². The zero-order valence-electron chi connectivity index (χ0n) is 15.3. The number of pyridine rings is 1. The van der Waals surface area contributed by atoms with Gasteiger partial charge in [0.1, 0.15) is 17.3 Å². The summed E-state index contributed by atoms with van der Waals surface area (Å²) < 4.78 is 15.6. The van der Waals surface area contributed by atoms with Gasteiger partial charge in [-0.25, -0.2) is 9.97 Å². The summed E-state index contributed by atoms with van der Waals surface area (Å²) in [4.78, 5) is 8.90. The van der Waals surface area contributed by atoms with Crippen molar-refractivity contribution < 1.29 is 9.47 Å². The topological polar surface area (TPSA) is 69.2 Å². The zero-order chi connectivity index (χ0) is 18.6. The summed E-state index contributed by atoms with van der Waals surface area (Å²) in [6.07, 6.45) is 1.71. The molecule has 1 aromatic carbocycles. The molecule has 1 N–H and O–H groups in total. The van der Waals surface area contributed by atoms with Gasteiger partial charge in [0.05, 0.1) is 7.11 Å². The molecule has 7 heteroatoms. The number of aromatic nitrogens is 3. The molecule has 0 saturated carbocycles. The minimum Gasteiger partial charge on any atom is -0.497 e. The number of benzene rings is 1. The first kappa shape index (κ1) is 18.1. The molecule has 0 aliphatic heterocycles. The van der Waals surface area contributed by atoms with Crippen LogP contribution in [0.5, 0.6) is 17.4 Å². The van der Waals surface area contributed by atoms with E-state index >= 15 is 0 Å². The molecule has 0 spiro atoms. The monoisotopic (exact) mass is 370 g/mol. The molecule has 6 nitrogen and oxygen atoms in total. The van der Waals surface area contributed by atoms with Crippen molar-refractivity contribution in [3.8, 4) is 17.4 Å². The second-order valence-electron chi connectivity index (χ2n) is 6.78. The van der Waals surface area contributed by atoms with Crippen LogP contribution in [-0.4, -0.2) is 21.5 Å². The Bertz CT molecular complexity index is 874. The third kappa shape index (κ3) is 4.49. The Hall–Kier alpha value is -2.67. The van der Waals surface area contributed by atoms with Gasteiger partial charge in [0.25, 0.3) is 0 Å². The Morgan fingerprint density at radius 3 is 2.65 bits per heavy atom. The van der Waals surface area contributed by atoms with E-state index in [4.69, 9.17) is 9.47 Å². The molecule has 2 aromatic heterocycles. The lowest BCUT2D eigenvalue weighted by molar-refractivity contribution is 0.406. The third-order valence-electron chi connectivity index (χ3n) is 3.63. The Morgan fingerprint density at radius 1 is 1.12 bits per heavy atom. The van der Waals surface area contributed by atoms with Crippen molar-refractivity contribution >= 4 is 16.7 Å². The van der Waals surface area contributed by atoms with Gasteiger partial charge in [-0.1, -0.05) is 32.9 Å². The van der Waals surface area contributed by atoms with Crippen LogP contribution in [0.15, 0.2) is 42.6 Å². The number of nitrogens with zero attached hydrogens (tertiary/aromatic N) is 3. The van der Waals surface area contributed by atoms with Crippen LogP contribution in [0.1, 0.15) is 32.2 Å². The summed E-state index contributed by atoms with van der Waals surface area (Å²) in [7, 11) is 1.63. The van der Waals surface area contributed by atoms with Crippen LogP contribution in [0, 0.1) is 0 Å². The SMILES string of the molecule is COc1cccc(Oc2ncccc2CNc2nc(C(C)(C)C)ns2)c1. The van der Waals surface area contributed by atoms with Gasteiger partial charge in [-0.05, 0) is 18.2 Å². The smallest absolute Gasteiger partial charge is 0.224 e. The Balaban J connectivity index is 1.72. The molecule has 2 heterocycles. The minimum atomic E-state index is -0.0641. The summed E-state index contributed by atoms with van der Waals surface area (Å²) in [6.45, 7) is 6.84. The molecule has 0 radical (unpaired) electrons. The lowest BCUT2D eigenvalue weighted by Crippen LogP contribution is -2.13. The van der Waals surface area contributed by atoms with E-state index in [1.165, 1.54) is 11.5 Å². The number of rotatable bonds is 6. The molecule has 0 amide bonds. The highest BCUT2D eigenvalue weighted by Crippen LogP contribution is 2.27. The molecule has 0 bridgehead atoms. The van der Waals surface area contributed by atoms with E-state index in [0.717, 1.165) is 22.3 Å². The normalized spacial score (nSPS) is 11.2. The molecule has 0 fully saturated rings. The van der Waals surface area contributed by atoms with Crippen molar-refractivity contribution in [2.75, 3.05) is 12.4 Å². The third-order valence-corrected chi connectivity index (χ3v) is 4.31. The average Bonchev–Trinajstić information content (AvgIpc) is 3.11. The van der Waals surface area contributed by atoms with Crippen LogP contribution in [-0.2, 0) is 12.0 Å². The van der Waals surface area contributed by atoms with Gasteiger partial charge in [0.2, 0.25) is 11.0 Å². The molecule has 0 aliphatic rings. The molecule has 3 aromatic rings. The minimum absolute atomic E-state index is 0.0641.